The largest absolute Gasteiger partial charge is 0.298 e. The highest BCUT2D eigenvalue weighted by Gasteiger charge is 2.09. The van der Waals surface area contributed by atoms with Crippen molar-refractivity contribution in [2.45, 2.75) is 25.8 Å². The minimum atomic E-state index is 0.194. The van der Waals surface area contributed by atoms with Crippen molar-refractivity contribution >= 4 is 5.78 Å². The topological polar surface area (TPSA) is 47.8 Å². The van der Waals surface area contributed by atoms with E-state index >= 15 is 0 Å². The number of nitrogens with zero attached hydrogens (tertiary/aromatic N) is 3. The van der Waals surface area contributed by atoms with Crippen LogP contribution in [0.25, 0.3) is 0 Å². The molecule has 2 rings (SSSR count). The zero-order valence-corrected chi connectivity index (χ0v) is 9.12. The first-order valence-corrected chi connectivity index (χ1v) is 5.54. The number of carbonyl (C=O) groups is 1. The maximum atomic E-state index is 11.6. The van der Waals surface area contributed by atoms with Crippen molar-refractivity contribution in [3.05, 3.63) is 36.7 Å². The molecule has 1 heterocycles. The average molecular weight is 217 g/mol. The van der Waals surface area contributed by atoms with Gasteiger partial charge in [0.15, 0.2) is 5.78 Å². The standard InChI is InChI=1S/C12H15N3O/c16-12(10-15-13-8-9-14-15)7-6-11-4-2-1-3-5-11/h1-4,8-9,11H,5-7,10H2. The molecule has 84 valence electrons. The van der Waals surface area contributed by atoms with Gasteiger partial charge in [-0.3, -0.25) is 4.79 Å². The van der Waals surface area contributed by atoms with Crippen LogP contribution in [-0.2, 0) is 11.3 Å². The molecule has 1 aromatic rings. The summed E-state index contributed by atoms with van der Waals surface area (Å²) in [6.45, 7) is 0.291. The Hall–Kier alpha value is -1.71. The molecule has 4 heteroatoms. The molecule has 0 aromatic carbocycles. The van der Waals surface area contributed by atoms with E-state index in [1.54, 1.807) is 12.4 Å². The van der Waals surface area contributed by atoms with E-state index in [0.717, 1.165) is 12.8 Å². The number of aromatic nitrogens is 3. The second-order valence-corrected chi connectivity index (χ2v) is 3.95. The minimum Gasteiger partial charge on any atom is -0.298 e. The molecule has 4 nitrogen and oxygen atoms in total. The number of carbonyl (C=O) groups excluding carboxylic acids is 1. The summed E-state index contributed by atoms with van der Waals surface area (Å²) in [6, 6.07) is 0. The predicted molar refractivity (Wildman–Crippen MR) is 60.7 cm³/mol. The Morgan fingerprint density at radius 1 is 1.31 bits per heavy atom. The molecule has 0 amide bonds. The van der Waals surface area contributed by atoms with Crippen LogP contribution in [0, 0.1) is 5.92 Å². The van der Waals surface area contributed by atoms with Crippen molar-refractivity contribution in [1.29, 1.82) is 0 Å². The molecular weight excluding hydrogens is 202 g/mol. The fourth-order valence-electron chi connectivity index (χ4n) is 1.75. The summed E-state index contributed by atoms with van der Waals surface area (Å²) in [5.74, 6) is 0.707. The van der Waals surface area contributed by atoms with E-state index in [4.69, 9.17) is 0 Å². The van der Waals surface area contributed by atoms with Gasteiger partial charge in [0.1, 0.15) is 6.54 Å². The van der Waals surface area contributed by atoms with Crippen molar-refractivity contribution in [3.8, 4) is 0 Å². The van der Waals surface area contributed by atoms with E-state index in [-0.39, 0.29) is 5.78 Å². The van der Waals surface area contributed by atoms with Gasteiger partial charge in [0.05, 0.1) is 12.4 Å². The summed E-state index contributed by atoms with van der Waals surface area (Å²) in [4.78, 5) is 13.0. The second kappa shape index (κ2) is 5.39. The van der Waals surface area contributed by atoms with E-state index in [2.05, 4.69) is 22.3 Å². The molecule has 0 spiro atoms. The Balaban J connectivity index is 1.72. The van der Waals surface area contributed by atoms with E-state index in [0.29, 0.717) is 18.9 Å². The lowest BCUT2D eigenvalue weighted by atomic mass is 9.95. The predicted octanol–water partition coefficient (Wildman–Crippen LogP) is 1.76. The number of hydrogen-bond donors (Lipinski definition) is 0. The van der Waals surface area contributed by atoms with Crippen molar-refractivity contribution in [1.82, 2.24) is 15.0 Å². The van der Waals surface area contributed by atoms with Crippen molar-refractivity contribution in [2.75, 3.05) is 0 Å². The Morgan fingerprint density at radius 2 is 2.12 bits per heavy atom. The Labute approximate surface area is 94.7 Å². The van der Waals surface area contributed by atoms with Crippen LogP contribution in [0.1, 0.15) is 19.3 Å². The Kier molecular flexibility index (Phi) is 3.64. The second-order valence-electron chi connectivity index (χ2n) is 3.95. The molecule has 0 radical (unpaired) electrons. The molecule has 0 saturated heterocycles. The van der Waals surface area contributed by atoms with Gasteiger partial charge in [-0.2, -0.15) is 15.0 Å². The van der Waals surface area contributed by atoms with Crippen LogP contribution < -0.4 is 0 Å². The number of Topliss-reactive ketones (excluding diaryl/α,β-unsaturated/α-hetero) is 1. The fourth-order valence-corrected chi connectivity index (χ4v) is 1.75. The van der Waals surface area contributed by atoms with Crippen molar-refractivity contribution in [3.63, 3.8) is 0 Å². The lowest BCUT2D eigenvalue weighted by Crippen LogP contribution is -2.13. The van der Waals surface area contributed by atoms with Crippen LogP contribution in [0.3, 0.4) is 0 Å². The monoisotopic (exact) mass is 217 g/mol. The Morgan fingerprint density at radius 3 is 2.81 bits per heavy atom. The number of ketones is 1. The number of allylic oxidation sites excluding steroid dienone is 4. The van der Waals surface area contributed by atoms with Crippen LogP contribution in [0.4, 0.5) is 0 Å². The molecule has 1 aromatic heterocycles. The van der Waals surface area contributed by atoms with Crippen molar-refractivity contribution < 1.29 is 4.79 Å². The molecule has 0 N–H and O–H groups in total. The molecular formula is C12H15N3O. The van der Waals surface area contributed by atoms with Crippen LogP contribution >= 0.6 is 0 Å². The highest BCUT2D eigenvalue weighted by molar-refractivity contribution is 5.77. The molecule has 0 aliphatic heterocycles. The first-order valence-electron chi connectivity index (χ1n) is 5.54. The molecule has 0 fully saturated rings. The third kappa shape index (κ3) is 3.15. The Bertz CT molecular complexity index is 392. The van der Waals surface area contributed by atoms with Crippen LogP contribution in [-0.4, -0.2) is 20.8 Å². The highest BCUT2D eigenvalue weighted by atomic mass is 16.1. The SMILES string of the molecule is O=C(CCC1C=CC=CC1)Cn1nccn1. The molecule has 1 aliphatic rings. The normalized spacial score (nSPS) is 18.9. The molecule has 1 unspecified atom stereocenters. The van der Waals surface area contributed by atoms with Gasteiger partial charge in [0.25, 0.3) is 0 Å². The summed E-state index contributed by atoms with van der Waals surface area (Å²) in [6.07, 6.45) is 14.1. The quantitative estimate of drug-likeness (QED) is 0.755. The van der Waals surface area contributed by atoms with Gasteiger partial charge in [-0.15, -0.1) is 0 Å². The van der Waals surface area contributed by atoms with Crippen LogP contribution in [0.15, 0.2) is 36.7 Å². The molecule has 0 bridgehead atoms. The summed E-state index contributed by atoms with van der Waals surface area (Å²) in [5, 5.41) is 7.82. The van der Waals surface area contributed by atoms with Gasteiger partial charge in [-0.05, 0) is 18.8 Å². The summed E-state index contributed by atoms with van der Waals surface area (Å²) in [7, 11) is 0. The maximum absolute atomic E-state index is 11.6. The summed E-state index contributed by atoms with van der Waals surface area (Å²) < 4.78 is 0. The first-order chi connectivity index (χ1) is 7.84. The maximum Gasteiger partial charge on any atom is 0.156 e. The van der Waals surface area contributed by atoms with Crippen LogP contribution in [0.5, 0.6) is 0 Å². The zero-order valence-electron chi connectivity index (χ0n) is 9.12. The third-order valence-electron chi connectivity index (χ3n) is 2.65. The van der Waals surface area contributed by atoms with Gasteiger partial charge in [-0.1, -0.05) is 24.3 Å². The molecule has 16 heavy (non-hydrogen) atoms. The highest BCUT2D eigenvalue weighted by Crippen LogP contribution is 2.17. The number of rotatable bonds is 5. The third-order valence-corrected chi connectivity index (χ3v) is 2.65. The first kappa shape index (κ1) is 10.8. The minimum absolute atomic E-state index is 0.194. The average Bonchev–Trinajstić information content (AvgIpc) is 2.81. The van der Waals surface area contributed by atoms with Gasteiger partial charge in [0.2, 0.25) is 0 Å². The summed E-state index contributed by atoms with van der Waals surface area (Å²) >= 11 is 0. The van der Waals surface area contributed by atoms with Crippen LogP contribution in [0.2, 0.25) is 0 Å². The van der Waals surface area contributed by atoms with E-state index in [1.165, 1.54) is 4.80 Å². The smallest absolute Gasteiger partial charge is 0.156 e. The molecule has 1 aliphatic carbocycles. The zero-order chi connectivity index (χ0) is 11.2. The van der Waals surface area contributed by atoms with Gasteiger partial charge in [-0.25, -0.2) is 0 Å². The van der Waals surface area contributed by atoms with Crippen molar-refractivity contribution in [2.24, 2.45) is 5.92 Å². The van der Waals surface area contributed by atoms with Gasteiger partial charge in [0, 0.05) is 6.42 Å². The summed E-state index contributed by atoms with van der Waals surface area (Å²) in [5.41, 5.74) is 0. The van der Waals surface area contributed by atoms with Gasteiger partial charge >= 0.3 is 0 Å². The van der Waals surface area contributed by atoms with E-state index in [9.17, 15) is 4.79 Å². The lowest BCUT2D eigenvalue weighted by Gasteiger charge is -2.11. The van der Waals surface area contributed by atoms with E-state index in [1.807, 2.05) is 12.2 Å². The van der Waals surface area contributed by atoms with E-state index < -0.39 is 0 Å². The lowest BCUT2D eigenvalue weighted by molar-refractivity contribution is -0.120. The molecule has 0 saturated carbocycles. The number of hydrogen-bond acceptors (Lipinski definition) is 3. The fraction of sp³-hybridized carbons (Fsp3) is 0.417. The van der Waals surface area contributed by atoms with Gasteiger partial charge < -0.3 is 0 Å². The molecule has 1 atom stereocenters.